The summed E-state index contributed by atoms with van der Waals surface area (Å²) in [6, 6.07) is 7.85. The zero-order chi connectivity index (χ0) is 28.8. The van der Waals surface area contributed by atoms with Gasteiger partial charge in [-0.15, -0.1) is 0 Å². The molecule has 0 aliphatic carbocycles. The highest BCUT2D eigenvalue weighted by Gasteiger charge is 2.26. The molecule has 0 atom stereocenters. The molecular formula is C30H43N7O4. The minimum absolute atomic E-state index is 0.00636. The molecule has 0 unspecified atom stereocenters. The Morgan fingerprint density at radius 3 is 2.37 bits per heavy atom. The largest absolute Gasteiger partial charge is 0.484 e. The van der Waals surface area contributed by atoms with Crippen LogP contribution in [0.15, 0.2) is 33.9 Å². The maximum Gasteiger partial charge on any atom is 0.332 e. The highest BCUT2D eigenvalue weighted by molar-refractivity contribution is 5.77. The number of nitrogens with zero attached hydrogens (tertiary/aromatic N) is 6. The first-order valence-corrected chi connectivity index (χ1v) is 15.2. The average molecular weight is 566 g/mol. The SMILES string of the molecule is CCCn1c(=O)c2c(nc3n2CCCN3CCc2ccc(OCC(=O)NCCN3CCCC3)cc2)n(CCC)c1=O. The van der Waals surface area contributed by atoms with E-state index >= 15 is 0 Å². The molecule has 0 bridgehead atoms. The van der Waals surface area contributed by atoms with Crippen LogP contribution < -0.4 is 26.2 Å². The number of carbonyl (C=O) groups excluding carboxylic acids is 1. The molecule has 4 heterocycles. The summed E-state index contributed by atoms with van der Waals surface area (Å²) in [5.74, 6) is 1.32. The first-order chi connectivity index (χ1) is 20.0. The number of anilines is 1. The molecule has 0 radical (unpaired) electrons. The molecule has 2 aliphatic heterocycles. The van der Waals surface area contributed by atoms with Gasteiger partial charge in [0.2, 0.25) is 5.95 Å². The van der Waals surface area contributed by atoms with Crippen LogP contribution in [0, 0.1) is 0 Å². The zero-order valence-electron chi connectivity index (χ0n) is 24.4. The van der Waals surface area contributed by atoms with Crippen molar-refractivity contribution in [1.82, 2.24) is 28.9 Å². The summed E-state index contributed by atoms with van der Waals surface area (Å²) in [6.07, 6.45) is 5.70. The predicted molar refractivity (Wildman–Crippen MR) is 160 cm³/mol. The smallest absolute Gasteiger partial charge is 0.332 e. The van der Waals surface area contributed by atoms with Crippen molar-refractivity contribution in [2.24, 2.45) is 0 Å². The van der Waals surface area contributed by atoms with Crippen molar-refractivity contribution in [1.29, 1.82) is 0 Å². The summed E-state index contributed by atoms with van der Waals surface area (Å²) >= 11 is 0. The van der Waals surface area contributed by atoms with Crippen LogP contribution in [0.4, 0.5) is 5.95 Å². The van der Waals surface area contributed by atoms with Gasteiger partial charge in [0.25, 0.3) is 11.5 Å². The molecule has 0 saturated carbocycles. The summed E-state index contributed by atoms with van der Waals surface area (Å²) in [5, 5.41) is 2.93. The molecule has 11 nitrogen and oxygen atoms in total. The van der Waals surface area contributed by atoms with Crippen molar-refractivity contribution in [2.45, 2.75) is 72.0 Å². The molecular weight excluding hydrogens is 522 g/mol. The highest BCUT2D eigenvalue weighted by atomic mass is 16.5. The Hall–Kier alpha value is -3.60. The fourth-order valence-corrected chi connectivity index (χ4v) is 5.89. The Balaban J connectivity index is 1.21. The molecule has 1 fully saturated rings. The van der Waals surface area contributed by atoms with E-state index in [2.05, 4.69) is 15.1 Å². The quantitative estimate of drug-likeness (QED) is 0.339. The lowest BCUT2D eigenvalue weighted by Crippen LogP contribution is -2.41. The van der Waals surface area contributed by atoms with Crippen molar-refractivity contribution >= 4 is 23.0 Å². The molecule has 11 heteroatoms. The fraction of sp³-hybridized carbons (Fsp3) is 0.600. The lowest BCUT2D eigenvalue weighted by molar-refractivity contribution is -0.123. The molecule has 0 spiro atoms. The monoisotopic (exact) mass is 565 g/mol. The van der Waals surface area contributed by atoms with Crippen LogP contribution in [0.2, 0.25) is 0 Å². The van der Waals surface area contributed by atoms with Crippen LogP contribution >= 0.6 is 0 Å². The minimum Gasteiger partial charge on any atom is -0.484 e. The molecule has 3 aromatic rings. The van der Waals surface area contributed by atoms with E-state index < -0.39 is 0 Å². The lowest BCUT2D eigenvalue weighted by atomic mass is 10.1. The second-order valence-corrected chi connectivity index (χ2v) is 11.0. The number of hydrogen-bond donors (Lipinski definition) is 1. The van der Waals surface area contributed by atoms with E-state index in [0.717, 1.165) is 69.9 Å². The molecule has 222 valence electrons. The summed E-state index contributed by atoms with van der Waals surface area (Å²) in [7, 11) is 0. The first kappa shape index (κ1) is 28.9. The van der Waals surface area contributed by atoms with Crippen molar-refractivity contribution in [3.05, 3.63) is 50.7 Å². The van der Waals surface area contributed by atoms with Crippen LogP contribution in [0.1, 0.15) is 51.5 Å². The molecule has 1 amide bonds. The van der Waals surface area contributed by atoms with E-state index in [4.69, 9.17) is 9.72 Å². The van der Waals surface area contributed by atoms with Crippen LogP contribution in [0.3, 0.4) is 0 Å². The van der Waals surface area contributed by atoms with Crippen molar-refractivity contribution in [2.75, 3.05) is 50.8 Å². The Labute approximate surface area is 240 Å². The Morgan fingerprint density at radius 1 is 0.902 bits per heavy atom. The van der Waals surface area contributed by atoms with E-state index in [1.807, 2.05) is 42.7 Å². The number of aryl methyl sites for hydroxylation is 2. The van der Waals surface area contributed by atoms with Crippen LogP contribution in [0.5, 0.6) is 5.75 Å². The fourth-order valence-electron chi connectivity index (χ4n) is 5.89. The number of benzene rings is 1. The number of amides is 1. The van der Waals surface area contributed by atoms with Gasteiger partial charge in [0.15, 0.2) is 17.8 Å². The molecule has 1 saturated heterocycles. The molecule has 2 aliphatic rings. The minimum atomic E-state index is -0.268. The Bertz CT molecular complexity index is 1450. The highest BCUT2D eigenvalue weighted by Crippen LogP contribution is 2.25. The third-order valence-corrected chi connectivity index (χ3v) is 7.99. The van der Waals surface area contributed by atoms with Gasteiger partial charge in [-0.05, 0) is 69.3 Å². The Kier molecular flexibility index (Phi) is 9.43. The number of carbonyl (C=O) groups is 1. The van der Waals surface area contributed by atoms with E-state index in [1.165, 1.54) is 17.4 Å². The summed E-state index contributed by atoms with van der Waals surface area (Å²) in [4.78, 5) is 48.1. The van der Waals surface area contributed by atoms with Crippen LogP contribution in [-0.2, 0) is 30.8 Å². The van der Waals surface area contributed by atoms with Gasteiger partial charge in [-0.1, -0.05) is 26.0 Å². The maximum absolute atomic E-state index is 13.4. The zero-order valence-corrected chi connectivity index (χ0v) is 24.4. The summed E-state index contributed by atoms with van der Waals surface area (Å²) in [6.45, 7) is 11.0. The normalized spacial score (nSPS) is 15.4. The lowest BCUT2D eigenvalue weighted by Gasteiger charge is -2.29. The van der Waals surface area contributed by atoms with E-state index in [0.29, 0.717) is 43.1 Å². The second kappa shape index (κ2) is 13.4. The third kappa shape index (κ3) is 6.50. The van der Waals surface area contributed by atoms with Gasteiger partial charge in [-0.25, -0.2) is 4.79 Å². The summed E-state index contributed by atoms with van der Waals surface area (Å²) in [5.41, 5.74) is 1.67. The standard InChI is InChI=1S/C30H43N7O4/c1-3-14-36-27-26(28(39)37(15-4-2)30(36)40)35-19-7-18-34(29(35)32-27)20-12-23-8-10-24(11-9-23)41-22-25(38)31-13-21-33-16-5-6-17-33/h8-11H,3-7,12-22H2,1-2H3,(H,31,38). The number of likely N-dealkylation sites (tertiary alicyclic amines) is 1. The number of aromatic nitrogens is 4. The number of nitrogens with one attached hydrogen (secondary N) is 1. The predicted octanol–water partition coefficient (Wildman–Crippen LogP) is 2.22. The van der Waals surface area contributed by atoms with Crippen LogP contribution in [0.25, 0.3) is 11.2 Å². The first-order valence-electron chi connectivity index (χ1n) is 15.2. The van der Waals surface area contributed by atoms with Gasteiger partial charge in [0.1, 0.15) is 5.75 Å². The van der Waals surface area contributed by atoms with Gasteiger partial charge in [-0.3, -0.25) is 18.7 Å². The van der Waals surface area contributed by atoms with Gasteiger partial charge in [0, 0.05) is 45.8 Å². The Morgan fingerprint density at radius 2 is 1.63 bits per heavy atom. The maximum atomic E-state index is 13.4. The van der Waals surface area contributed by atoms with Crippen LogP contribution in [-0.4, -0.2) is 75.4 Å². The topological polar surface area (TPSA) is 107 Å². The third-order valence-electron chi connectivity index (χ3n) is 7.99. The van der Waals surface area contributed by atoms with Crippen molar-refractivity contribution < 1.29 is 9.53 Å². The molecule has 5 rings (SSSR count). The van der Waals surface area contributed by atoms with Gasteiger partial charge in [0.05, 0.1) is 0 Å². The van der Waals surface area contributed by atoms with E-state index in [9.17, 15) is 14.4 Å². The van der Waals surface area contributed by atoms with Crippen molar-refractivity contribution in [3.63, 3.8) is 0 Å². The van der Waals surface area contributed by atoms with E-state index in [1.54, 1.807) is 4.57 Å². The number of imidazole rings is 1. The molecule has 41 heavy (non-hydrogen) atoms. The number of hydrogen-bond acceptors (Lipinski definition) is 7. The van der Waals surface area contributed by atoms with Gasteiger partial charge < -0.3 is 24.4 Å². The molecule has 2 aromatic heterocycles. The van der Waals surface area contributed by atoms with Gasteiger partial charge >= 0.3 is 5.69 Å². The second-order valence-electron chi connectivity index (χ2n) is 11.0. The van der Waals surface area contributed by atoms with Gasteiger partial charge in [-0.2, -0.15) is 4.98 Å². The summed E-state index contributed by atoms with van der Waals surface area (Å²) < 4.78 is 10.7. The molecule has 1 aromatic carbocycles. The number of fused-ring (bicyclic) bond motifs is 3. The van der Waals surface area contributed by atoms with Crippen molar-refractivity contribution in [3.8, 4) is 5.75 Å². The van der Waals surface area contributed by atoms with E-state index in [-0.39, 0.29) is 23.8 Å². The average Bonchev–Trinajstić information content (AvgIpc) is 3.64. The molecule has 1 N–H and O–H groups in total. The number of ether oxygens (including phenoxy) is 1. The number of rotatable bonds is 13.